The number of anilines is 1. The van der Waals surface area contributed by atoms with Gasteiger partial charge < -0.3 is 15.2 Å². The molecule has 0 aliphatic rings. The molecule has 0 saturated carbocycles. The van der Waals surface area contributed by atoms with E-state index in [1.807, 2.05) is 0 Å². The molecule has 25 heavy (non-hydrogen) atoms. The van der Waals surface area contributed by atoms with Crippen molar-refractivity contribution < 1.29 is 19.4 Å². The molecule has 2 rings (SSSR count). The summed E-state index contributed by atoms with van der Waals surface area (Å²) >= 11 is 0. The number of benzene rings is 1. The molecule has 0 aliphatic heterocycles. The number of aromatic nitrogens is 2. The van der Waals surface area contributed by atoms with Crippen LogP contribution < -0.4 is 10.1 Å². The standard InChI is InChI=1S/C17H18N4O4/c1-11(22)17(18-2)13-8-12(4-5-14(13)21-9-16(23)24)25-10-15-19-6-3-7-20-15/h3-8,21H,9-10H2,1-2H3,(H,23,24). The molecule has 8 nitrogen and oxygen atoms in total. The van der Waals surface area contributed by atoms with Crippen LogP contribution in [0.5, 0.6) is 5.75 Å². The van der Waals surface area contributed by atoms with Gasteiger partial charge in [-0.25, -0.2) is 9.97 Å². The zero-order valence-electron chi connectivity index (χ0n) is 13.9. The lowest BCUT2D eigenvalue weighted by molar-refractivity contribution is -0.134. The third kappa shape index (κ3) is 5.10. The van der Waals surface area contributed by atoms with Crippen LogP contribution in [-0.2, 0) is 16.2 Å². The van der Waals surface area contributed by atoms with Gasteiger partial charge >= 0.3 is 5.97 Å². The number of Topliss-reactive ketones (excluding diaryl/α,β-unsaturated/α-hetero) is 1. The van der Waals surface area contributed by atoms with Crippen molar-refractivity contribution in [2.24, 2.45) is 4.99 Å². The molecular formula is C17H18N4O4. The summed E-state index contributed by atoms with van der Waals surface area (Å²) < 4.78 is 5.65. The summed E-state index contributed by atoms with van der Waals surface area (Å²) in [5.74, 6) is -0.228. The summed E-state index contributed by atoms with van der Waals surface area (Å²) in [5, 5.41) is 11.6. The normalized spacial score (nSPS) is 11.0. The first kappa shape index (κ1) is 18.1. The van der Waals surface area contributed by atoms with E-state index in [0.717, 1.165) is 0 Å². The molecule has 0 atom stereocenters. The number of carbonyl (C=O) groups excluding carboxylic acids is 1. The second-order valence-electron chi connectivity index (χ2n) is 5.04. The van der Waals surface area contributed by atoms with Crippen LogP contribution >= 0.6 is 0 Å². The molecule has 130 valence electrons. The van der Waals surface area contributed by atoms with Crippen molar-refractivity contribution in [2.75, 3.05) is 18.9 Å². The number of rotatable bonds is 8. The fourth-order valence-corrected chi connectivity index (χ4v) is 2.15. The largest absolute Gasteiger partial charge is 0.486 e. The Balaban J connectivity index is 2.27. The SMILES string of the molecule is CN=C(C(C)=O)c1cc(OCc2ncccn2)ccc1NCC(=O)O. The Morgan fingerprint density at radius 2 is 2.00 bits per heavy atom. The van der Waals surface area contributed by atoms with Gasteiger partial charge in [0.15, 0.2) is 11.6 Å². The van der Waals surface area contributed by atoms with Gasteiger partial charge in [0.05, 0.1) is 0 Å². The molecule has 0 amide bonds. The number of aliphatic carboxylic acids is 1. The zero-order valence-corrected chi connectivity index (χ0v) is 13.9. The summed E-state index contributed by atoms with van der Waals surface area (Å²) in [7, 11) is 1.50. The topological polar surface area (TPSA) is 114 Å². The van der Waals surface area contributed by atoms with E-state index in [9.17, 15) is 9.59 Å². The molecule has 0 unspecified atom stereocenters. The third-order valence-electron chi connectivity index (χ3n) is 3.22. The molecule has 1 aromatic heterocycles. The van der Waals surface area contributed by atoms with Crippen molar-refractivity contribution in [3.8, 4) is 5.75 Å². The molecule has 0 saturated heterocycles. The van der Waals surface area contributed by atoms with Gasteiger partial charge in [-0.2, -0.15) is 0 Å². The summed E-state index contributed by atoms with van der Waals surface area (Å²) in [6, 6.07) is 6.66. The maximum Gasteiger partial charge on any atom is 0.322 e. The highest BCUT2D eigenvalue weighted by atomic mass is 16.5. The van der Waals surface area contributed by atoms with Gasteiger partial charge in [-0.3, -0.25) is 14.6 Å². The predicted octanol–water partition coefficient (Wildman–Crippen LogP) is 1.56. The molecule has 0 bridgehead atoms. The molecule has 2 N–H and O–H groups in total. The van der Waals surface area contributed by atoms with E-state index in [2.05, 4.69) is 20.3 Å². The van der Waals surface area contributed by atoms with Gasteiger partial charge in [0, 0.05) is 37.6 Å². The van der Waals surface area contributed by atoms with E-state index in [1.165, 1.54) is 14.0 Å². The number of ether oxygens (including phenoxy) is 1. The van der Waals surface area contributed by atoms with Crippen LogP contribution in [0, 0.1) is 0 Å². The van der Waals surface area contributed by atoms with E-state index in [1.54, 1.807) is 36.7 Å². The summed E-state index contributed by atoms with van der Waals surface area (Å²) in [6.45, 7) is 1.29. The Labute approximate surface area is 144 Å². The van der Waals surface area contributed by atoms with Gasteiger partial charge in [-0.1, -0.05) is 0 Å². The number of aliphatic imine (C=N–C) groups is 1. The second kappa shape index (κ2) is 8.53. The minimum Gasteiger partial charge on any atom is -0.486 e. The van der Waals surface area contributed by atoms with Crippen molar-refractivity contribution in [1.82, 2.24) is 9.97 Å². The smallest absolute Gasteiger partial charge is 0.322 e. The maximum atomic E-state index is 11.8. The van der Waals surface area contributed by atoms with Crippen LogP contribution in [0.2, 0.25) is 0 Å². The molecule has 8 heteroatoms. The Bertz CT molecular complexity index is 790. The molecule has 2 aromatic rings. The van der Waals surface area contributed by atoms with Gasteiger partial charge in [0.2, 0.25) is 0 Å². The fraction of sp³-hybridized carbons (Fsp3) is 0.235. The minimum atomic E-state index is -1.01. The Morgan fingerprint density at radius 3 is 2.60 bits per heavy atom. The lowest BCUT2D eigenvalue weighted by Gasteiger charge is -2.14. The summed E-state index contributed by atoms with van der Waals surface area (Å²) in [6.07, 6.45) is 3.24. The molecular weight excluding hydrogens is 324 g/mol. The first-order valence-corrected chi connectivity index (χ1v) is 7.47. The average molecular weight is 342 g/mol. The summed E-state index contributed by atoms with van der Waals surface area (Å²) in [4.78, 5) is 34.8. The fourth-order valence-electron chi connectivity index (χ4n) is 2.15. The number of nitrogens with one attached hydrogen (secondary N) is 1. The monoisotopic (exact) mass is 342 g/mol. The van der Waals surface area contributed by atoms with Crippen molar-refractivity contribution >= 4 is 23.2 Å². The van der Waals surface area contributed by atoms with Crippen LogP contribution in [0.15, 0.2) is 41.7 Å². The predicted molar refractivity (Wildman–Crippen MR) is 92.1 cm³/mol. The van der Waals surface area contributed by atoms with Crippen LogP contribution in [0.1, 0.15) is 18.3 Å². The molecule has 1 aromatic carbocycles. The number of carboxylic acid groups (broad SMARTS) is 1. The summed E-state index contributed by atoms with van der Waals surface area (Å²) in [5.41, 5.74) is 1.19. The number of nitrogens with zero attached hydrogens (tertiary/aromatic N) is 3. The van der Waals surface area contributed by atoms with E-state index in [0.29, 0.717) is 22.8 Å². The van der Waals surface area contributed by atoms with Gasteiger partial charge in [-0.15, -0.1) is 0 Å². The van der Waals surface area contributed by atoms with E-state index in [4.69, 9.17) is 9.84 Å². The third-order valence-corrected chi connectivity index (χ3v) is 3.22. The van der Waals surface area contributed by atoms with Crippen LogP contribution in [0.25, 0.3) is 0 Å². The first-order chi connectivity index (χ1) is 12.0. The Kier molecular flexibility index (Phi) is 6.16. The molecule has 0 fully saturated rings. The number of ketones is 1. The van der Waals surface area contributed by atoms with Gasteiger partial charge in [0.25, 0.3) is 0 Å². The van der Waals surface area contributed by atoms with Gasteiger partial charge in [-0.05, 0) is 24.3 Å². The number of carbonyl (C=O) groups is 2. The number of carboxylic acids is 1. The van der Waals surface area contributed by atoms with Crippen LogP contribution in [-0.4, -0.2) is 46.1 Å². The zero-order chi connectivity index (χ0) is 18.2. The lowest BCUT2D eigenvalue weighted by Crippen LogP contribution is -2.18. The van der Waals surface area contributed by atoms with Crippen molar-refractivity contribution in [1.29, 1.82) is 0 Å². The highest BCUT2D eigenvalue weighted by molar-refractivity contribution is 6.46. The van der Waals surface area contributed by atoms with E-state index in [-0.39, 0.29) is 24.6 Å². The van der Waals surface area contributed by atoms with Crippen LogP contribution in [0.4, 0.5) is 5.69 Å². The van der Waals surface area contributed by atoms with Crippen molar-refractivity contribution in [2.45, 2.75) is 13.5 Å². The highest BCUT2D eigenvalue weighted by Gasteiger charge is 2.15. The molecule has 1 heterocycles. The number of hydrogen-bond donors (Lipinski definition) is 2. The van der Waals surface area contributed by atoms with Gasteiger partial charge in [0.1, 0.15) is 24.6 Å². The molecule has 0 radical (unpaired) electrons. The molecule has 0 aliphatic carbocycles. The Morgan fingerprint density at radius 1 is 1.28 bits per heavy atom. The second-order valence-corrected chi connectivity index (χ2v) is 5.04. The van der Waals surface area contributed by atoms with Crippen LogP contribution in [0.3, 0.4) is 0 Å². The highest BCUT2D eigenvalue weighted by Crippen LogP contribution is 2.24. The van der Waals surface area contributed by atoms with E-state index < -0.39 is 5.97 Å². The first-order valence-electron chi connectivity index (χ1n) is 7.47. The quantitative estimate of drug-likeness (QED) is 0.700. The van der Waals surface area contributed by atoms with Crippen molar-refractivity contribution in [3.63, 3.8) is 0 Å². The minimum absolute atomic E-state index is 0.168. The molecule has 0 spiro atoms. The Hall–Kier alpha value is -3.29. The lowest BCUT2D eigenvalue weighted by atomic mass is 10.0. The van der Waals surface area contributed by atoms with Crippen molar-refractivity contribution in [3.05, 3.63) is 48.0 Å². The maximum absolute atomic E-state index is 11.8. The number of hydrogen-bond acceptors (Lipinski definition) is 7. The van der Waals surface area contributed by atoms with E-state index >= 15 is 0 Å². The average Bonchev–Trinajstić information content (AvgIpc) is 2.60.